The molecule has 3 nitrogen and oxygen atoms in total. The molecule has 1 aliphatic heterocycles. The Labute approximate surface area is 153 Å². The zero-order valence-electron chi connectivity index (χ0n) is 14.8. The number of nitrogens with zero attached hydrogens (tertiary/aromatic N) is 1. The van der Waals surface area contributed by atoms with Gasteiger partial charge in [0.15, 0.2) is 0 Å². The van der Waals surface area contributed by atoms with Gasteiger partial charge in [0.05, 0.1) is 12.7 Å². The van der Waals surface area contributed by atoms with E-state index >= 15 is 0 Å². The second kappa shape index (κ2) is 7.58. The van der Waals surface area contributed by atoms with Crippen LogP contribution in [0.15, 0.2) is 54.6 Å². The molecule has 0 spiro atoms. The molecule has 2 aliphatic rings. The Morgan fingerprint density at radius 3 is 2.42 bits per heavy atom. The first-order valence-corrected chi connectivity index (χ1v) is 9.40. The number of rotatable bonds is 5. The first kappa shape index (κ1) is 17.2. The third-order valence-corrected chi connectivity index (χ3v) is 5.49. The van der Waals surface area contributed by atoms with E-state index in [9.17, 15) is 9.18 Å². The summed E-state index contributed by atoms with van der Waals surface area (Å²) in [7, 11) is 0. The number of amides is 1. The lowest BCUT2D eigenvalue weighted by Gasteiger charge is -2.32. The quantitative estimate of drug-likeness (QED) is 0.809. The molecule has 2 aromatic carbocycles. The van der Waals surface area contributed by atoms with Crippen molar-refractivity contribution in [3.63, 3.8) is 0 Å². The maximum Gasteiger partial charge on any atom is 0.226 e. The molecule has 0 aromatic heterocycles. The van der Waals surface area contributed by atoms with E-state index in [2.05, 4.69) is 12.1 Å². The molecule has 136 valence electrons. The van der Waals surface area contributed by atoms with Crippen molar-refractivity contribution in [3.8, 4) is 0 Å². The summed E-state index contributed by atoms with van der Waals surface area (Å²) < 4.78 is 19.0. The monoisotopic (exact) mass is 353 g/mol. The van der Waals surface area contributed by atoms with Crippen LogP contribution in [0, 0.1) is 11.7 Å². The van der Waals surface area contributed by atoms with Crippen LogP contribution in [0.4, 0.5) is 4.39 Å². The summed E-state index contributed by atoms with van der Waals surface area (Å²) in [4.78, 5) is 14.7. The van der Waals surface area contributed by atoms with Crippen molar-refractivity contribution in [1.82, 2.24) is 4.90 Å². The first-order chi connectivity index (χ1) is 12.7. The lowest BCUT2D eigenvalue weighted by atomic mass is 10.1. The lowest BCUT2D eigenvalue weighted by molar-refractivity contribution is -0.135. The Hall–Kier alpha value is -2.20. The highest BCUT2D eigenvalue weighted by Gasteiger charge is 2.46. The van der Waals surface area contributed by atoms with Crippen molar-refractivity contribution in [2.75, 3.05) is 13.1 Å². The highest BCUT2D eigenvalue weighted by atomic mass is 19.1. The number of piperidine rings is 1. The van der Waals surface area contributed by atoms with Gasteiger partial charge in [-0.2, -0.15) is 0 Å². The molecule has 26 heavy (non-hydrogen) atoms. The van der Waals surface area contributed by atoms with Gasteiger partial charge in [-0.25, -0.2) is 4.39 Å². The van der Waals surface area contributed by atoms with E-state index in [4.69, 9.17) is 4.74 Å². The molecule has 0 radical (unpaired) electrons. The third-order valence-electron chi connectivity index (χ3n) is 5.49. The van der Waals surface area contributed by atoms with Crippen LogP contribution in [-0.4, -0.2) is 30.0 Å². The van der Waals surface area contributed by atoms with Gasteiger partial charge in [0.1, 0.15) is 5.82 Å². The number of halogens is 1. The van der Waals surface area contributed by atoms with Crippen LogP contribution in [0.1, 0.15) is 36.3 Å². The largest absolute Gasteiger partial charge is 0.373 e. The van der Waals surface area contributed by atoms with Crippen molar-refractivity contribution in [3.05, 3.63) is 71.5 Å². The van der Waals surface area contributed by atoms with E-state index in [1.807, 2.05) is 23.1 Å². The van der Waals surface area contributed by atoms with Gasteiger partial charge in [-0.3, -0.25) is 4.79 Å². The summed E-state index contributed by atoms with van der Waals surface area (Å²) in [6.45, 7) is 2.17. The maximum atomic E-state index is 13.0. The van der Waals surface area contributed by atoms with Crippen molar-refractivity contribution in [2.45, 2.75) is 37.9 Å². The predicted octanol–water partition coefficient (Wildman–Crippen LogP) is 4.14. The Morgan fingerprint density at radius 1 is 1.04 bits per heavy atom. The van der Waals surface area contributed by atoms with E-state index in [1.54, 1.807) is 12.1 Å². The molecular weight excluding hydrogens is 329 g/mol. The summed E-state index contributed by atoms with van der Waals surface area (Å²) in [5, 5.41) is 0. The minimum atomic E-state index is -0.227. The van der Waals surface area contributed by atoms with Gasteiger partial charge >= 0.3 is 0 Å². The van der Waals surface area contributed by atoms with Gasteiger partial charge in [-0.05, 0) is 48.4 Å². The second-order valence-electron chi connectivity index (χ2n) is 7.32. The molecule has 0 bridgehead atoms. The predicted molar refractivity (Wildman–Crippen MR) is 98.1 cm³/mol. The lowest BCUT2D eigenvalue weighted by Crippen LogP contribution is -2.41. The zero-order chi connectivity index (χ0) is 17.9. The van der Waals surface area contributed by atoms with E-state index in [0.29, 0.717) is 6.61 Å². The standard InChI is InChI=1S/C22H24FNO2/c23-18-8-6-17(7-9-18)20-14-21(20)22(25)24-12-10-19(11-13-24)26-15-16-4-2-1-3-5-16/h1-9,19-21H,10-15H2. The third kappa shape index (κ3) is 3.96. The Morgan fingerprint density at radius 2 is 1.73 bits per heavy atom. The van der Waals surface area contributed by atoms with Crippen LogP contribution in [0.3, 0.4) is 0 Å². The number of likely N-dealkylation sites (tertiary alicyclic amines) is 1. The molecule has 1 amide bonds. The highest BCUT2D eigenvalue weighted by molar-refractivity contribution is 5.83. The second-order valence-corrected chi connectivity index (χ2v) is 7.32. The fourth-order valence-electron chi connectivity index (χ4n) is 3.81. The number of hydrogen-bond acceptors (Lipinski definition) is 2. The maximum absolute atomic E-state index is 13.0. The fraction of sp³-hybridized carbons (Fsp3) is 0.409. The minimum Gasteiger partial charge on any atom is -0.373 e. The minimum absolute atomic E-state index is 0.0715. The number of benzene rings is 2. The molecule has 1 saturated carbocycles. The van der Waals surface area contributed by atoms with Crippen LogP contribution in [0.25, 0.3) is 0 Å². The molecule has 1 heterocycles. The average molecular weight is 353 g/mol. The summed E-state index contributed by atoms with van der Waals surface area (Å²) in [6.07, 6.45) is 2.90. The van der Waals surface area contributed by atoms with Crippen LogP contribution in [0.5, 0.6) is 0 Å². The van der Waals surface area contributed by atoms with Gasteiger partial charge < -0.3 is 9.64 Å². The topological polar surface area (TPSA) is 29.5 Å². The molecule has 2 aromatic rings. The van der Waals surface area contributed by atoms with Crippen LogP contribution >= 0.6 is 0 Å². The number of carbonyl (C=O) groups excluding carboxylic acids is 1. The van der Waals surface area contributed by atoms with Gasteiger partial charge in [-0.15, -0.1) is 0 Å². The molecule has 1 aliphatic carbocycles. The highest BCUT2D eigenvalue weighted by Crippen LogP contribution is 2.48. The summed E-state index contributed by atoms with van der Waals surface area (Å²) in [5.74, 6) is 0.355. The van der Waals surface area contributed by atoms with E-state index in [-0.39, 0.29) is 29.7 Å². The van der Waals surface area contributed by atoms with Crippen molar-refractivity contribution in [2.24, 2.45) is 5.92 Å². The Bertz CT molecular complexity index is 738. The first-order valence-electron chi connectivity index (χ1n) is 9.40. The smallest absolute Gasteiger partial charge is 0.226 e. The van der Waals surface area contributed by atoms with Gasteiger partial charge in [0.25, 0.3) is 0 Å². The number of carbonyl (C=O) groups is 1. The average Bonchev–Trinajstić information content (AvgIpc) is 3.48. The van der Waals surface area contributed by atoms with Gasteiger partial charge in [-0.1, -0.05) is 42.5 Å². The van der Waals surface area contributed by atoms with Gasteiger partial charge in [0.2, 0.25) is 5.91 Å². The molecule has 4 rings (SSSR count). The SMILES string of the molecule is O=C(C1CC1c1ccc(F)cc1)N1CCC(OCc2ccccc2)CC1. The fourth-order valence-corrected chi connectivity index (χ4v) is 3.81. The Kier molecular flexibility index (Phi) is 5.02. The van der Waals surface area contributed by atoms with E-state index < -0.39 is 0 Å². The summed E-state index contributed by atoms with van der Waals surface area (Å²) in [6, 6.07) is 16.7. The van der Waals surface area contributed by atoms with Crippen molar-refractivity contribution in [1.29, 1.82) is 0 Å². The molecule has 4 heteroatoms. The van der Waals surface area contributed by atoms with Gasteiger partial charge in [0, 0.05) is 19.0 Å². The molecule has 1 saturated heterocycles. The molecular formula is C22H24FNO2. The Balaban J connectivity index is 1.23. The number of hydrogen-bond donors (Lipinski definition) is 0. The van der Waals surface area contributed by atoms with Crippen LogP contribution in [0.2, 0.25) is 0 Å². The zero-order valence-corrected chi connectivity index (χ0v) is 14.8. The molecule has 2 fully saturated rings. The molecule has 0 N–H and O–H groups in total. The van der Waals surface area contributed by atoms with Crippen LogP contribution in [-0.2, 0) is 16.1 Å². The molecule has 2 atom stereocenters. The van der Waals surface area contributed by atoms with E-state index in [0.717, 1.165) is 37.9 Å². The molecule has 2 unspecified atom stereocenters. The summed E-state index contributed by atoms with van der Waals surface area (Å²) in [5.41, 5.74) is 2.26. The van der Waals surface area contributed by atoms with E-state index in [1.165, 1.54) is 17.7 Å². The van der Waals surface area contributed by atoms with Crippen molar-refractivity contribution >= 4 is 5.91 Å². The summed E-state index contributed by atoms with van der Waals surface area (Å²) >= 11 is 0. The number of ether oxygens (including phenoxy) is 1. The van der Waals surface area contributed by atoms with Crippen molar-refractivity contribution < 1.29 is 13.9 Å². The van der Waals surface area contributed by atoms with Crippen LogP contribution < -0.4 is 0 Å². The normalized spacial score (nSPS) is 23.0.